The standard InChI is InChI=1S/C19H20ClFN2O/c1-12(9-22)15-10-23(2)17-7-14(21)8-18(19(15)17)24-11-13-5-3-4-6-16(13)20/h3-8,10,12H,9,11,22H2,1-2H3. The number of halogens is 2. The Labute approximate surface area is 145 Å². The van der Waals surface area contributed by atoms with Gasteiger partial charge in [0.05, 0.1) is 5.52 Å². The summed E-state index contributed by atoms with van der Waals surface area (Å²) in [6.45, 7) is 2.85. The van der Waals surface area contributed by atoms with Crippen LogP contribution >= 0.6 is 11.6 Å². The van der Waals surface area contributed by atoms with Crippen molar-refractivity contribution >= 4 is 22.5 Å². The third kappa shape index (κ3) is 3.12. The Morgan fingerprint density at radius 3 is 2.75 bits per heavy atom. The lowest BCUT2D eigenvalue weighted by Crippen LogP contribution is -2.08. The van der Waals surface area contributed by atoms with Gasteiger partial charge in [0.1, 0.15) is 18.2 Å². The fourth-order valence-corrected chi connectivity index (χ4v) is 3.05. The quantitative estimate of drug-likeness (QED) is 0.732. The zero-order valence-corrected chi connectivity index (χ0v) is 14.5. The molecule has 0 spiro atoms. The Bertz CT molecular complexity index is 875. The summed E-state index contributed by atoms with van der Waals surface area (Å²) in [5.74, 6) is 0.340. The van der Waals surface area contributed by atoms with Gasteiger partial charge in [0.15, 0.2) is 0 Å². The molecule has 1 unspecified atom stereocenters. The van der Waals surface area contributed by atoms with Crippen LogP contribution < -0.4 is 10.5 Å². The number of hydrogen-bond donors (Lipinski definition) is 1. The topological polar surface area (TPSA) is 40.2 Å². The summed E-state index contributed by atoms with van der Waals surface area (Å²) in [4.78, 5) is 0. The van der Waals surface area contributed by atoms with Gasteiger partial charge in [0.25, 0.3) is 0 Å². The van der Waals surface area contributed by atoms with E-state index in [1.165, 1.54) is 12.1 Å². The van der Waals surface area contributed by atoms with E-state index in [2.05, 4.69) is 6.92 Å². The van der Waals surface area contributed by atoms with Crippen LogP contribution in [0, 0.1) is 5.82 Å². The minimum absolute atomic E-state index is 0.154. The van der Waals surface area contributed by atoms with Crippen LogP contribution in [-0.4, -0.2) is 11.1 Å². The maximum absolute atomic E-state index is 14.0. The molecule has 0 aliphatic carbocycles. The highest BCUT2D eigenvalue weighted by atomic mass is 35.5. The van der Waals surface area contributed by atoms with Crippen molar-refractivity contribution in [3.8, 4) is 5.75 Å². The van der Waals surface area contributed by atoms with Gasteiger partial charge in [-0.1, -0.05) is 36.7 Å². The Kier molecular flexibility index (Phi) is 4.78. The van der Waals surface area contributed by atoms with E-state index < -0.39 is 0 Å². The molecule has 1 atom stereocenters. The summed E-state index contributed by atoms with van der Waals surface area (Å²) >= 11 is 6.17. The minimum atomic E-state index is -0.329. The van der Waals surface area contributed by atoms with Gasteiger partial charge < -0.3 is 15.0 Å². The third-order valence-corrected chi connectivity index (χ3v) is 4.64. The van der Waals surface area contributed by atoms with E-state index in [0.29, 0.717) is 17.3 Å². The molecule has 3 nitrogen and oxygen atoms in total. The number of ether oxygens (including phenoxy) is 1. The number of fused-ring (bicyclic) bond motifs is 1. The number of rotatable bonds is 5. The molecule has 0 aliphatic heterocycles. The van der Waals surface area contributed by atoms with E-state index >= 15 is 0 Å². The van der Waals surface area contributed by atoms with Crippen molar-refractivity contribution in [2.24, 2.45) is 12.8 Å². The fourth-order valence-electron chi connectivity index (χ4n) is 2.86. The Hall–Kier alpha value is -2.04. The van der Waals surface area contributed by atoms with Crippen LogP contribution in [0.15, 0.2) is 42.6 Å². The average Bonchev–Trinajstić information content (AvgIpc) is 2.90. The molecule has 0 aliphatic rings. The molecule has 2 aromatic carbocycles. The summed E-state index contributed by atoms with van der Waals surface area (Å²) in [6, 6.07) is 10.4. The molecule has 126 valence electrons. The van der Waals surface area contributed by atoms with Crippen molar-refractivity contribution in [3.05, 3.63) is 64.6 Å². The van der Waals surface area contributed by atoms with Gasteiger partial charge in [-0.25, -0.2) is 4.39 Å². The van der Waals surface area contributed by atoms with E-state index in [9.17, 15) is 4.39 Å². The molecule has 1 heterocycles. The molecule has 1 aromatic heterocycles. The molecule has 0 saturated carbocycles. The molecule has 2 N–H and O–H groups in total. The molecule has 3 aromatic rings. The lowest BCUT2D eigenvalue weighted by atomic mass is 10.00. The van der Waals surface area contributed by atoms with Gasteiger partial charge in [-0.3, -0.25) is 0 Å². The van der Waals surface area contributed by atoms with Gasteiger partial charge in [0, 0.05) is 35.3 Å². The highest BCUT2D eigenvalue weighted by Crippen LogP contribution is 2.35. The van der Waals surface area contributed by atoms with Crippen LogP contribution in [0.5, 0.6) is 5.75 Å². The van der Waals surface area contributed by atoms with Crippen LogP contribution in [0.25, 0.3) is 10.9 Å². The first-order chi connectivity index (χ1) is 11.5. The molecule has 5 heteroatoms. The minimum Gasteiger partial charge on any atom is -0.488 e. The Morgan fingerprint density at radius 2 is 2.04 bits per heavy atom. The fraction of sp³-hybridized carbons (Fsp3) is 0.263. The van der Waals surface area contributed by atoms with Gasteiger partial charge in [-0.05, 0) is 30.2 Å². The molecule has 24 heavy (non-hydrogen) atoms. The van der Waals surface area contributed by atoms with E-state index in [1.807, 2.05) is 42.1 Å². The van der Waals surface area contributed by atoms with Crippen molar-refractivity contribution < 1.29 is 9.13 Å². The highest BCUT2D eigenvalue weighted by molar-refractivity contribution is 6.31. The summed E-state index contributed by atoms with van der Waals surface area (Å²) < 4.78 is 21.9. The van der Waals surface area contributed by atoms with Crippen LogP contribution in [0.2, 0.25) is 5.02 Å². The van der Waals surface area contributed by atoms with E-state index in [-0.39, 0.29) is 18.3 Å². The average molecular weight is 347 g/mol. The van der Waals surface area contributed by atoms with Crippen molar-refractivity contribution in [1.29, 1.82) is 0 Å². The SMILES string of the molecule is CC(CN)c1cn(C)c2cc(F)cc(OCc3ccccc3Cl)c12. The largest absolute Gasteiger partial charge is 0.488 e. The summed E-state index contributed by atoms with van der Waals surface area (Å²) in [5, 5.41) is 1.54. The summed E-state index contributed by atoms with van der Waals surface area (Å²) in [6.07, 6.45) is 1.99. The number of aryl methyl sites for hydroxylation is 1. The molecule has 0 amide bonds. The molecule has 0 fully saturated rings. The molecule has 0 saturated heterocycles. The van der Waals surface area contributed by atoms with Crippen molar-refractivity contribution in [2.75, 3.05) is 6.54 Å². The second-order valence-electron chi connectivity index (χ2n) is 6.01. The van der Waals surface area contributed by atoms with Crippen LogP contribution in [0.3, 0.4) is 0 Å². The molecular weight excluding hydrogens is 327 g/mol. The maximum atomic E-state index is 14.0. The van der Waals surface area contributed by atoms with Crippen LogP contribution in [0.4, 0.5) is 4.39 Å². The monoisotopic (exact) mass is 346 g/mol. The highest BCUT2D eigenvalue weighted by Gasteiger charge is 2.18. The van der Waals surface area contributed by atoms with E-state index in [0.717, 1.165) is 22.0 Å². The van der Waals surface area contributed by atoms with Gasteiger partial charge >= 0.3 is 0 Å². The number of hydrogen-bond acceptors (Lipinski definition) is 2. The van der Waals surface area contributed by atoms with E-state index in [4.69, 9.17) is 22.1 Å². The van der Waals surface area contributed by atoms with Gasteiger partial charge in [-0.15, -0.1) is 0 Å². The number of benzene rings is 2. The third-order valence-electron chi connectivity index (χ3n) is 4.27. The number of nitrogens with zero attached hydrogens (tertiary/aromatic N) is 1. The predicted molar refractivity (Wildman–Crippen MR) is 96.1 cm³/mol. The first-order valence-electron chi connectivity index (χ1n) is 7.86. The van der Waals surface area contributed by atoms with Crippen LogP contribution in [-0.2, 0) is 13.7 Å². The molecule has 0 radical (unpaired) electrons. The summed E-state index contributed by atoms with van der Waals surface area (Å²) in [7, 11) is 1.90. The second kappa shape index (κ2) is 6.83. The van der Waals surface area contributed by atoms with Crippen LogP contribution in [0.1, 0.15) is 24.0 Å². The molecule has 3 rings (SSSR count). The lowest BCUT2D eigenvalue weighted by Gasteiger charge is -2.13. The molecule has 0 bridgehead atoms. The van der Waals surface area contributed by atoms with Gasteiger partial charge in [-0.2, -0.15) is 0 Å². The summed E-state index contributed by atoms with van der Waals surface area (Å²) in [5.41, 5.74) is 8.54. The zero-order valence-electron chi connectivity index (χ0n) is 13.7. The Balaban J connectivity index is 2.04. The normalized spacial score (nSPS) is 12.5. The number of aromatic nitrogens is 1. The molecular formula is C19H20ClFN2O. The first-order valence-corrected chi connectivity index (χ1v) is 8.23. The van der Waals surface area contributed by atoms with Crippen molar-refractivity contribution in [3.63, 3.8) is 0 Å². The van der Waals surface area contributed by atoms with Crippen molar-refractivity contribution in [1.82, 2.24) is 4.57 Å². The smallest absolute Gasteiger partial charge is 0.132 e. The number of nitrogens with two attached hydrogens (primary N) is 1. The van der Waals surface area contributed by atoms with Crippen molar-refractivity contribution in [2.45, 2.75) is 19.4 Å². The van der Waals surface area contributed by atoms with E-state index in [1.54, 1.807) is 0 Å². The zero-order chi connectivity index (χ0) is 17.3. The van der Waals surface area contributed by atoms with Gasteiger partial charge in [0.2, 0.25) is 0 Å². The Morgan fingerprint density at radius 1 is 1.29 bits per heavy atom. The maximum Gasteiger partial charge on any atom is 0.132 e. The predicted octanol–water partition coefficient (Wildman–Crippen LogP) is 4.61. The lowest BCUT2D eigenvalue weighted by molar-refractivity contribution is 0.308. The second-order valence-corrected chi connectivity index (χ2v) is 6.42. The first kappa shape index (κ1) is 16.8.